The lowest BCUT2D eigenvalue weighted by Crippen LogP contribution is -2.39. The van der Waals surface area contributed by atoms with Crippen LogP contribution in [0.1, 0.15) is 0 Å². The van der Waals surface area contributed by atoms with E-state index in [4.69, 9.17) is 4.74 Å². The summed E-state index contributed by atoms with van der Waals surface area (Å²) in [5.41, 5.74) is -0.0688. The Balaban J connectivity index is 1.68. The molecule has 10 nitrogen and oxygen atoms in total. The van der Waals surface area contributed by atoms with Crippen LogP contribution in [-0.2, 0) is 4.74 Å². The molecule has 1 aromatic carbocycles. The summed E-state index contributed by atoms with van der Waals surface area (Å²) in [5, 5.41) is 17.3. The van der Waals surface area contributed by atoms with Gasteiger partial charge in [0.25, 0.3) is 0 Å². The highest BCUT2D eigenvalue weighted by molar-refractivity contribution is 5.73. The van der Waals surface area contributed by atoms with Crippen molar-refractivity contribution in [1.29, 1.82) is 0 Å². The maximum Gasteiger partial charge on any atom is 0.573 e. The number of alkyl halides is 3. The van der Waals surface area contributed by atoms with E-state index in [2.05, 4.69) is 30.2 Å². The normalized spacial score (nSPS) is 14.9. The minimum absolute atomic E-state index is 0.0442. The van der Waals surface area contributed by atoms with Gasteiger partial charge < -0.3 is 20.1 Å². The van der Waals surface area contributed by atoms with Crippen LogP contribution in [0, 0.1) is 10.1 Å². The van der Waals surface area contributed by atoms with Crippen molar-refractivity contribution in [2.24, 2.45) is 0 Å². The number of aromatic nitrogens is 2. The molecule has 1 fully saturated rings. The van der Waals surface area contributed by atoms with Gasteiger partial charge in [0.05, 0.1) is 18.1 Å². The lowest BCUT2D eigenvalue weighted by molar-refractivity contribution is -0.383. The average molecular weight is 428 g/mol. The summed E-state index contributed by atoms with van der Waals surface area (Å²) in [4.78, 5) is 21.0. The van der Waals surface area contributed by atoms with Crippen molar-refractivity contribution in [2.75, 3.05) is 50.0 Å². The Bertz CT molecular complexity index is 860. The first-order chi connectivity index (χ1) is 14.3. The van der Waals surface area contributed by atoms with E-state index in [0.29, 0.717) is 32.0 Å². The summed E-state index contributed by atoms with van der Waals surface area (Å²) in [6.45, 7) is 3.96. The first kappa shape index (κ1) is 21.5. The molecule has 30 heavy (non-hydrogen) atoms. The standard InChI is InChI=1S/C17H19F3N6O4/c18-17(19,20)30-13-3-1-12(2-4-13)24-16-14(26(27)28)15(22-11-23-16)21-5-6-25-7-9-29-10-8-25/h1-4,11H,5-10H2,(H2,21,22,23,24). The molecule has 0 radical (unpaired) electrons. The Kier molecular flexibility index (Phi) is 6.84. The number of rotatable bonds is 8. The van der Waals surface area contributed by atoms with E-state index >= 15 is 0 Å². The first-order valence-corrected chi connectivity index (χ1v) is 8.98. The van der Waals surface area contributed by atoms with Crippen LogP contribution in [0.2, 0.25) is 0 Å². The van der Waals surface area contributed by atoms with Crippen LogP contribution in [0.4, 0.5) is 36.2 Å². The summed E-state index contributed by atoms with van der Waals surface area (Å²) in [5.74, 6) is -0.452. The Morgan fingerprint density at radius 3 is 2.47 bits per heavy atom. The summed E-state index contributed by atoms with van der Waals surface area (Å²) in [6, 6.07) is 4.76. The van der Waals surface area contributed by atoms with Gasteiger partial charge in [-0.3, -0.25) is 15.0 Å². The predicted molar refractivity (Wildman–Crippen MR) is 101 cm³/mol. The minimum Gasteiger partial charge on any atom is -0.406 e. The van der Waals surface area contributed by atoms with Crippen molar-refractivity contribution in [2.45, 2.75) is 6.36 Å². The third kappa shape index (κ3) is 6.15. The molecule has 2 aromatic rings. The van der Waals surface area contributed by atoms with Gasteiger partial charge in [-0.05, 0) is 24.3 Å². The fourth-order valence-corrected chi connectivity index (χ4v) is 2.81. The second-order valence-electron chi connectivity index (χ2n) is 6.25. The molecule has 0 bridgehead atoms. The van der Waals surface area contributed by atoms with Crippen molar-refractivity contribution in [3.05, 3.63) is 40.7 Å². The number of hydrogen-bond acceptors (Lipinski definition) is 9. The second kappa shape index (κ2) is 9.54. The number of benzene rings is 1. The lowest BCUT2D eigenvalue weighted by Gasteiger charge is -2.26. The Morgan fingerprint density at radius 1 is 1.17 bits per heavy atom. The van der Waals surface area contributed by atoms with Crippen LogP contribution in [-0.4, -0.2) is 65.5 Å². The molecule has 13 heteroatoms. The van der Waals surface area contributed by atoms with Gasteiger partial charge in [-0.1, -0.05) is 0 Å². The maximum absolute atomic E-state index is 12.2. The van der Waals surface area contributed by atoms with Crippen molar-refractivity contribution in [3.63, 3.8) is 0 Å². The molecule has 1 aromatic heterocycles. The van der Waals surface area contributed by atoms with Gasteiger partial charge in [0, 0.05) is 31.9 Å². The van der Waals surface area contributed by atoms with Crippen LogP contribution in [0.25, 0.3) is 0 Å². The molecule has 2 heterocycles. The van der Waals surface area contributed by atoms with Gasteiger partial charge in [-0.25, -0.2) is 9.97 Å². The van der Waals surface area contributed by atoms with E-state index < -0.39 is 17.0 Å². The topological polar surface area (TPSA) is 115 Å². The molecule has 0 atom stereocenters. The molecule has 1 aliphatic rings. The number of morpholine rings is 1. The van der Waals surface area contributed by atoms with Crippen LogP contribution < -0.4 is 15.4 Å². The molecule has 2 N–H and O–H groups in total. The Morgan fingerprint density at radius 2 is 1.83 bits per heavy atom. The maximum atomic E-state index is 12.2. The molecule has 0 unspecified atom stereocenters. The van der Waals surface area contributed by atoms with E-state index in [9.17, 15) is 23.3 Å². The fraction of sp³-hybridized carbons (Fsp3) is 0.412. The Labute approximate surface area is 169 Å². The highest BCUT2D eigenvalue weighted by atomic mass is 19.4. The molecule has 162 valence electrons. The van der Waals surface area contributed by atoms with Gasteiger partial charge in [-0.2, -0.15) is 0 Å². The molecular weight excluding hydrogens is 409 g/mol. The molecule has 1 aliphatic heterocycles. The number of hydrogen-bond donors (Lipinski definition) is 2. The van der Waals surface area contributed by atoms with Crippen LogP contribution in [0.5, 0.6) is 5.75 Å². The number of nitrogens with one attached hydrogen (secondary N) is 2. The monoisotopic (exact) mass is 428 g/mol. The smallest absolute Gasteiger partial charge is 0.406 e. The molecule has 0 saturated carbocycles. The molecule has 0 spiro atoms. The van der Waals surface area contributed by atoms with Crippen molar-refractivity contribution in [3.8, 4) is 5.75 Å². The van der Waals surface area contributed by atoms with Gasteiger partial charge in [0.2, 0.25) is 11.6 Å². The third-order valence-corrected chi connectivity index (χ3v) is 4.18. The Hall–Kier alpha value is -3.19. The van der Waals surface area contributed by atoms with Crippen LogP contribution in [0.3, 0.4) is 0 Å². The molecule has 0 amide bonds. The minimum atomic E-state index is -4.80. The quantitative estimate of drug-likeness (QED) is 0.484. The van der Waals surface area contributed by atoms with E-state index in [-0.39, 0.29) is 17.3 Å². The van der Waals surface area contributed by atoms with Crippen molar-refractivity contribution < 1.29 is 27.6 Å². The zero-order chi connectivity index (χ0) is 21.6. The molecule has 3 rings (SSSR count). The molecule has 1 saturated heterocycles. The fourth-order valence-electron chi connectivity index (χ4n) is 2.81. The van der Waals surface area contributed by atoms with Gasteiger partial charge >= 0.3 is 12.0 Å². The summed E-state index contributed by atoms with van der Waals surface area (Å²) < 4.78 is 45.8. The largest absolute Gasteiger partial charge is 0.573 e. The summed E-state index contributed by atoms with van der Waals surface area (Å²) >= 11 is 0. The molecule has 0 aliphatic carbocycles. The van der Waals surface area contributed by atoms with E-state index in [1.54, 1.807) is 0 Å². The number of anilines is 3. The zero-order valence-corrected chi connectivity index (χ0v) is 15.7. The summed E-state index contributed by atoms with van der Waals surface area (Å²) in [7, 11) is 0. The van der Waals surface area contributed by atoms with Gasteiger partial charge in [0.15, 0.2) is 0 Å². The number of nitrogens with zero attached hydrogens (tertiary/aromatic N) is 4. The van der Waals surface area contributed by atoms with Gasteiger partial charge in [0.1, 0.15) is 12.1 Å². The average Bonchev–Trinajstić information content (AvgIpc) is 2.69. The van der Waals surface area contributed by atoms with E-state index in [1.165, 1.54) is 12.1 Å². The second-order valence-corrected chi connectivity index (χ2v) is 6.25. The van der Waals surface area contributed by atoms with Crippen LogP contribution >= 0.6 is 0 Å². The zero-order valence-electron chi connectivity index (χ0n) is 15.7. The van der Waals surface area contributed by atoms with Crippen LogP contribution in [0.15, 0.2) is 30.6 Å². The SMILES string of the molecule is O=[N+]([O-])c1c(NCCN2CCOCC2)ncnc1Nc1ccc(OC(F)(F)F)cc1. The highest BCUT2D eigenvalue weighted by Crippen LogP contribution is 2.32. The molecular formula is C17H19F3N6O4. The predicted octanol–water partition coefficient (Wildman–Crippen LogP) is 2.77. The van der Waals surface area contributed by atoms with Crippen molar-refractivity contribution in [1.82, 2.24) is 14.9 Å². The first-order valence-electron chi connectivity index (χ1n) is 8.98. The number of ether oxygens (including phenoxy) is 2. The van der Waals surface area contributed by atoms with Gasteiger partial charge in [-0.15, -0.1) is 13.2 Å². The third-order valence-electron chi connectivity index (χ3n) is 4.18. The number of halogens is 3. The number of nitro groups is 1. The lowest BCUT2D eigenvalue weighted by atomic mass is 10.3. The highest BCUT2D eigenvalue weighted by Gasteiger charge is 2.31. The summed E-state index contributed by atoms with van der Waals surface area (Å²) in [6.07, 6.45) is -3.64. The van der Waals surface area contributed by atoms with E-state index in [0.717, 1.165) is 31.5 Å². The van der Waals surface area contributed by atoms with E-state index in [1.807, 2.05) is 0 Å². The van der Waals surface area contributed by atoms with Crippen molar-refractivity contribution >= 4 is 23.0 Å².